The number of rotatable bonds is 4. The molecule has 0 unspecified atom stereocenters. The maximum atomic E-state index is 12.7. The first-order chi connectivity index (χ1) is 11.8. The van der Waals surface area contributed by atoms with Crippen LogP contribution in [-0.2, 0) is 11.9 Å². The Bertz CT molecular complexity index is 870. The van der Waals surface area contributed by atoms with E-state index in [9.17, 15) is 13.2 Å². The van der Waals surface area contributed by atoms with Crippen molar-refractivity contribution in [2.24, 2.45) is 0 Å². The molecule has 0 saturated carbocycles. The Morgan fingerprint density at radius 2 is 1.72 bits per heavy atom. The highest BCUT2D eigenvalue weighted by Gasteiger charge is 2.30. The zero-order valence-corrected chi connectivity index (χ0v) is 14.4. The van der Waals surface area contributed by atoms with Crippen molar-refractivity contribution in [3.8, 4) is 11.5 Å². The molecule has 3 nitrogen and oxygen atoms in total. The maximum Gasteiger partial charge on any atom is 0.416 e. The molecule has 0 aliphatic heterocycles. The van der Waals surface area contributed by atoms with E-state index in [1.165, 1.54) is 17.8 Å². The van der Waals surface area contributed by atoms with Gasteiger partial charge in [-0.05, 0) is 37.6 Å². The molecule has 130 valence electrons. The smallest absolute Gasteiger partial charge is 0.411 e. The fourth-order valence-corrected chi connectivity index (χ4v) is 3.17. The second-order valence-electron chi connectivity index (χ2n) is 5.74. The molecule has 1 aromatic heterocycles. The SMILES string of the molecule is Cc1cc(C)cc(-c2nnc(SCc3cccc(C(F)(F)F)c3)o2)c1. The molecule has 0 aliphatic rings. The summed E-state index contributed by atoms with van der Waals surface area (Å²) in [5.41, 5.74) is 2.90. The van der Waals surface area contributed by atoms with Gasteiger partial charge in [0.2, 0.25) is 5.89 Å². The predicted molar refractivity (Wildman–Crippen MR) is 90.2 cm³/mol. The molecule has 1 heterocycles. The molecule has 0 radical (unpaired) electrons. The van der Waals surface area contributed by atoms with E-state index in [2.05, 4.69) is 10.2 Å². The van der Waals surface area contributed by atoms with Crippen LogP contribution in [0.15, 0.2) is 52.1 Å². The lowest BCUT2D eigenvalue weighted by Gasteiger charge is -2.07. The molecule has 0 N–H and O–H groups in total. The number of hydrogen-bond acceptors (Lipinski definition) is 4. The van der Waals surface area contributed by atoms with Gasteiger partial charge in [0.1, 0.15) is 0 Å². The minimum Gasteiger partial charge on any atom is -0.411 e. The fraction of sp³-hybridized carbons (Fsp3) is 0.222. The van der Waals surface area contributed by atoms with Crippen molar-refractivity contribution in [2.75, 3.05) is 0 Å². The molecule has 0 amide bonds. The van der Waals surface area contributed by atoms with Crippen LogP contribution in [0.2, 0.25) is 0 Å². The van der Waals surface area contributed by atoms with Gasteiger partial charge in [0.05, 0.1) is 5.56 Å². The fourth-order valence-electron chi connectivity index (χ4n) is 2.47. The molecular formula is C18H15F3N2OS. The monoisotopic (exact) mass is 364 g/mol. The van der Waals surface area contributed by atoms with E-state index in [1.807, 2.05) is 32.0 Å². The molecule has 0 atom stereocenters. The van der Waals surface area contributed by atoms with Crippen LogP contribution in [0.5, 0.6) is 0 Å². The van der Waals surface area contributed by atoms with Crippen LogP contribution in [0, 0.1) is 13.8 Å². The lowest BCUT2D eigenvalue weighted by Crippen LogP contribution is -2.04. The third kappa shape index (κ3) is 4.42. The summed E-state index contributed by atoms with van der Waals surface area (Å²) in [6, 6.07) is 11.2. The van der Waals surface area contributed by atoms with E-state index in [-0.39, 0.29) is 0 Å². The molecule has 0 aliphatic carbocycles. The summed E-state index contributed by atoms with van der Waals surface area (Å²) in [5, 5.41) is 8.31. The Morgan fingerprint density at radius 3 is 2.40 bits per heavy atom. The van der Waals surface area contributed by atoms with E-state index < -0.39 is 11.7 Å². The van der Waals surface area contributed by atoms with Crippen molar-refractivity contribution >= 4 is 11.8 Å². The quantitative estimate of drug-likeness (QED) is 0.560. The second-order valence-corrected chi connectivity index (χ2v) is 6.66. The Labute approximate surface area is 147 Å². The Balaban J connectivity index is 1.72. The summed E-state index contributed by atoms with van der Waals surface area (Å²) < 4.78 is 43.8. The van der Waals surface area contributed by atoms with Crippen molar-refractivity contribution in [1.29, 1.82) is 0 Å². The molecule has 0 fully saturated rings. The molecule has 0 saturated heterocycles. The topological polar surface area (TPSA) is 38.9 Å². The van der Waals surface area contributed by atoms with Gasteiger partial charge in [0, 0.05) is 11.3 Å². The highest BCUT2D eigenvalue weighted by molar-refractivity contribution is 7.98. The summed E-state index contributed by atoms with van der Waals surface area (Å²) in [5.74, 6) is 0.719. The van der Waals surface area contributed by atoms with Crippen molar-refractivity contribution in [1.82, 2.24) is 10.2 Å². The average Bonchev–Trinajstić information content (AvgIpc) is 3.00. The van der Waals surface area contributed by atoms with Crippen molar-refractivity contribution in [2.45, 2.75) is 31.0 Å². The number of halogens is 3. The summed E-state index contributed by atoms with van der Waals surface area (Å²) in [4.78, 5) is 0. The number of benzene rings is 2. The maximum absolute atomic E-state index is 12.7. The first-order valence-corrected chi connectivity index (χ1v) is 8.51. The minimum atomic E-state index is -4.35. The van der Waals surface area contributed by atoms with Crippen LogP contribution in [-0.4, -0.2) is 10.2 Å². The molecule has 3 rings (SSSR count). The molecular weight excluding hydrogens is 349 g/mol. The number of hydrogen-bond donors (Lipinski definition) is 0. The first kappa shape index (κ1) is 17.5. The second kappa shape index (κ2) is 6.92. The van der Waals surface area contributed by atoms with Crippen LogP contribution in [0.1, 0.15) is 22.3 Å². The number of aryl methyl sites for hydroxylation is 2. The lowest BCUT2D eigenvalue weighted by molar-refractivity contribution is -0.137. The Hall–Kier alpha value is -2.28. The molecule has 7 heteroatoms. The Kier molecular flexibility index (Phi) is 4.85. The highest BCUT2D eigenvalue weighted by Crippen LogP contribution is 2.31. The van der Waals surface area contributed by atoms with Gasteiger partial charge in [-0.2, -0.15) is 13.2 Å². The van der Waals surface area contributed by atoms with Crippen LogP contribution >= 0.6 is 11.8 Å². The van der Waals surface area contributed by atoms with Crippen molar-refractivity contribution in [3.05, 3.63) is 64.7 Å². The van der Waals surface area contributed by atoms with Crippen LogP contribution in [0.3, 0.4) is 0 Å². The highest BCUT2D eigenvalue weighted by atomic mass is 32.2. The van der Waals surface area contributed by atoms with Crippen molar-refractivity contribution < 1.29 is 17.6 Å². The largest absolute Gasteiger partial charge is 0.416 e. The Morgan fingerprint density at radius 1 is 1.00 bits per heavy atom. The van der Waals surface area contributed by atoms with Crippen molar-refractivity contribution in [3.63, 3.8) is 0 Å². The zero-order chi connectivity index (χ0) is 18.0. The summed E-state index contributed by atoms with van der Waals surface area (Å²) >= 11 is 1.21. The molecule has 3 aromatic rings. The summed E-state index contributed by atoms with van der Waals surface area (Å²) in [6.07, 6.45) is -4.35. The van der Waals surface area contributed by atoms with E-state index in [0.29, 0.717) is 22.4 Å². The van der Waals surface area contributed by atoms with Crippen LogP contribution in [0.25, 0.3) is 11.5 Å². The molecule has 0 spiro atoms. The van der Waals surface area contributed by atoms with Gasteiger partial charge < -0.3 is 4.42 Å². The first-order valence-electron chi connectivity index (χ1n) is 7.52. The molecule has 0 bridgehead atoms. The van der Waals surface area contributed by atoms with Crippen LogP contribution < -0.4 is 0 Å². The number of thioether (sulfide) groups is 1. The van der Waals surface area contributed by atoms with Gasteiger partial charge in [-0.15, -0.1) is 10.2 Å². The number of alkyl halides is 3. The third-order valence-corrected chi connectivity index (χ3v) is 4.38. The van der Waals surface area contributed by atoms with E-state index >= 15 is 0 Å². The van der Waals surface area contributed by atoms with E-state index in [0.717, 1.165) is 28.8 Å². The number of aromatic nitrogens is 2. The van der Waals surface area contributed by atoms with Gasteiger partial charge in [0.25, 0.3) is 5.22 Å². The van der Waals surface area contributed by atoms with Gasteiger partial charge in [0.15, 0.2) is 0 Å². The molecule has 2 aromatic carbocycles. The van der Waals surface area contributed by atoms with Gasteiger partial charge >= 0.3 is 6.18 Å². The van der Waals surface area contributed by atoms with E-state index in [1.54, 1.807) is 6.07 Å². The van der Waals surface area contributed by atoms with Gasteiger partial charge in [-0.25, -0.2) is 0 Å². The summed E-state index contributed by atoms with van der Waals surface area (Å²) in [7, 11) is 0. The normalized spacial score (nSPS) is 11.7. The number of nitrogens with zero attached hydrogens (tertiary/aromatic N) is 2. The standard InChI is InChI=1S/C18H15F3N2OS/c1-11-6-12(2)8-14(7-11)16-22-23-17(24-16)25-10-13-4-3-5-15(9-13)18(19,20)21/h3-9H,10H2,1-2H3. The lowest BCUT2D eigenvalue weighted by atomic mass is 10.1. The van der Waals surface area contributed by atoms with Gasteiger partial charge in [-0.1, -0.05) is 47.2 Å². The summed E-state index contributed by atoms with van der Waals surface area (Å²) in [6.45, 7) is 3.96. The minimum absolute atomic E-state index is 0.318. The predicted octanol–water partition coefficient (Wildman–Crippen LogP) is 5.66. The van der Waals surface area contributed by atoms with E-state index in [4.69, 9.17) is 4.42 Å². The average molecular weight is 364 g/mol. The van der Waals surface area contributed by atoms with Gasteiger partial charge in [-0.3, -0.25) is 0 Å². The zero-order valence-electron chi connectivity index (χ0n) is 13.6. The molecule has 25 heavy (non-hydrogen) atoms. The van der Waals surface area contributed by atoms with Crippen LogP contribution in [0.4, 0.5) is 13.2 Å². The third-order valence-electron chi connectivity index (χ3n) is 3.49.